The summed E-state index contributed by atoms with van der Waals surface area (Å²) >= 11 is 0. The van der Waals surface area contributed by atoms with Crippen LogP contribution in [-0.2, 0) is 4.79 Å². The topological polar surface area (TPSA) is 37.3 Å². The molecule has 0 atom stereocenters. The second-order valence-electron chi connectivity index (χ2n) is 1.85. The first kappa shape index (κ1) is 9.59. The van der Waals surface area contributed by atoms with Gasteiger partial charge >= 0.3 is 5.97 Å². The van der Waals surface area contributed by atoms with Crippen molar-refractivity contribution in [2.75, 3.05) is 0 Å². The van der Waals surface area contributed by atoms with Crippen LogP contribution in [0.3, 0.4) is 0 Å². The lowest BCUT2D eigenvalue weighted by Crippen LogP contribution is -1.91. The minimum atomic E-state index is -0.817. The fraction of sp³-hybridized carbons (Fsp3) is 0.444. The lowest BCUT2D eigenvalue weighted by atomic mass is 10.3. The van der Waals surface area contributed by atoms with Crippen molar-refractivity contribution < 1.29 is 9.90 Å². The number of carboxylic acid groups (broad SMARTS) is 1. The molecule has 0 amide bonds. The second kappa shape index (κ2) is 6.71. The quantitative estimate of drug-likeness (QED) is 0.602. The molecule has 0 radical (unpaired) electrons. The van der Waals surface area contributed by atoms with Gasteiger partial charge in [-0.15, -0.1) is 0 Å². The lowest BCUT2D eigenvalue weighted by Gasteiger charge is -1.80. The van der Waals surface area contributed by atoms with E-state index in [4.69, 9.17) is 5.11 Å². The van der Waals surface area contributed by atoms with Gasteiger partial charge in [0.25, 0.3) is 0 Å². The number of rotatable bonds is 2. The van der Waals surface area contributed by atoms with E-state index in [1.54, 1.807) is 0 Å². The van der Waals surface area contributed by atoms with E-state index in [-0.39, 0.29) is 6.42 Å². The molecule has 0 heterocycles. The van der Waals surface area contributed by atoms with Gasteiger partial charge in [0.2, 0.25) is 0 Å². The average Bonchev–Trinajstić information content (AvgIpc) is 1.96. The molecule has 0 rings (SSSR count). The van der Waals surface area contributed by atoms with E-state index in [0.29, 0.717) is 6.42 Å². The molecule has 0 saturated carbocycles. The third-order valence-corrected chi connectivity index (χ3v) is 0.880. The van der Waals surface area contributed by atoms with Gasteiger partial charge in [0.05, 0.1) is 6.42 Å². The van der Waals surface area contributed by atoms with Gasteiger partial charge in [-0.1, -0.05) is 18.8 Å². The fourth-order valence-corrected chi connectivity index (χ4v) is 0.409. The Labute approximate surface area is 66.6 Å². The van der Waals surface area contributed by atoms with Crippen LogP contribution in [0.15, 0.2) is 0 Å². The average molecular weight is 150 g/mol. The molecule has 0 spiro atoms. The number of hydrogen-bond donors (Lipinski definition) is 1. The molecule has 2 nitrogen and oxygen atoms in total. The molecule has 11 heavy (non-hydrogen) atoms. The highest BCUT2D eigenvalue weighted by Gasteiger charge is 1.90. The van der Waals surface area contributed by atoms with Gasteiger partial charge < -0.3 is 5.11 Å². The molecule has 0 saturated heterocycles. The lowest BCUT2D eigenvalue weighted by molar-refractivity contribution is -0.136. The Kier molecular flexibility index (Phi) is 5.85. The smallest absolute Gasteiger partial charge is 0.304 e. The van der Waals surface area contributed by atoms with Crippen molar-refractivity contribution in [1.82, 2.24) is 0 Å². The van der Waals surface area contributed by atoms with E-state index in [1.165, 1.54) is 0 Å². The maximum Gasteiger partial charge on any atom is 0.304 e. The van der Waals surface area contributed by atoms with E-state index in [2.05, 4.69) is 23.7 Å². The molecule has 0 fully saturated rings. The Bertz CT molecular complexity index is 232. The highest BCUT2D eigenvalue weighted by molar-refractivity contribution is 5.67. The van der Waals surface area contributed by atoms with Gasteiger partial charge in [-0.3, -0.25) is 4.79 Å². The summed E-state index contributed by atoms with van der Waals surface area (Å²) in [4.78, 5) is 9.98. The summed E-state index contributed by atoms with van der Waals surface area (Å²) in [7, 11) is 0. The Balaban J connectivity index is 3.48. The van der Waals surface area contributed by atoms with Gasteiger partial charge in [-0.2, -0.15) is 0 Å². The summed E-state index contributed by atoms with van der Waals surface area (Å²) in [5.41, 5.74) is 0. The first-order valence-electron chi connectivity index (χ1n) is 3.45. The van der Waals surface area contributed by atoms with Crippen LogP contribution < -0.4 is 0 Å². The molecule has 0 aromatic carbocycles. The summed E-state index contributed by atoms with van der Waals surface area (Å²) in [6, 6.07) is 0. The molecule has 1 N–H and O–H groups in total. The Morgan fingerprint density at radius 3 is 2.55 bits per heavy atom. The van der Waals surface area contributed by atoms with E-state index in [9.17, 15) is 4.79 Å². The molecule has 0 aromatic rings. The van der Waals surface area contributed by atoms with E-state index in [1.807, 2.05) is 6.92 Å². The largest absolute Gasteiger partial charge is 0.481 e. The standard InChI is InChI=1S/C9H10O2/c1-2-3-4-5-6-7-8-9(10)11/h2,7-8H2,1H3,(H,10,11). The maximum atomic E-state index is 9.98. The van der Waals surface area contributed by atoms with Crippen molar-refractivity contribution in [3.05, 3.63) is 0 Å². The number of hydrogen-bond acceptors (Lipinski definition) is 1. The minimum Gasteiger partial charge on any atom is -0.481 e. The van der Waals surface area contributed by atoms with E-state index >= 15 is 0 Å². The maximum absolute atomic E-state index is 9.98. The van der Waals surface area contributed by atoms with Gasteiger partial charge in [-0.25, -0.2) is 0 Å². The molecule has 0 aliphatic heterocycles. The Morgan fingerprint density at radius 2 is 2.00 bits per heavy atom. The van der Waals surface area contributed by atoms with Crippen LogP contribution in [0.2, 0.25) is 0 Å². The van der Waals surface area contributed by atoms with Gasteiger partial charge in [0, 0.05) is 12.8 Å². The molecule has 2 heteroatoms. The molecule has 0 aromatic heterocycles. The Morgan fingerprint density at radius 1 is 1.36 bits per heavy atom. The number of aliphatic carboxylic acids is 1. The van der Waals surface area contributed by atoms with Crippen LogP contribution in [0, 0.1) is 23.7 Å². The molecule has 0 aliphatic carbocycles. The SMILES string of the molecule is CCC#CC#CCCC(=O)O. The zero-order valence-corrected chi connectivity index (χ0v) is 6.48. The van der Waals surface area contributed by atoms with Crippen LogP contribution in [0.1, 0.15) is 26.2 Å². The van der Waals surface area contributed by atoms with Crippen molar-refractivity contribution >= 4 is 5.97 Å². The van der Waals surface area contributed by atoms with Crippen LogP contribution in [0.25, 0.3) is 0 Å². The second-order valence-corrected chi connectivity index (χ2v) is 1.85. The van der Waals surface area contributed by atoms with Crippen molar-refractivity contribution in [3.63, 3.8) is 0 Å². The van der Waals surface area contributed by atoms with Crippen LogP contribution >= 0.6 is 0 Å². The summed E-state index contributed by atoms with van der Waals surface area (Å²) in [6.45, 7) is 1.94. The van der Waals surface area contributed by atoms with Crippen LogP contribution in [0.4, 0.5) is 0 Å². The molecule has 0 bridgehead atoms. The minimum absolute atomic E-state index is 0.0980. The van der Waals surface area contributed by atoms with Crippen molar-refractivity contribution in [1.29, 1.82) is 0 Å². The summed E-state index contributed by atoms with van der Waals surface area (Å²) in [5.74, 6) is 9.77. The highest BCUT2D eigenvalue weighted by Crippen LogP contribution is 1.84. The molecule has 0 aliphatic rings. The highest BCUT2D eigenvalue weighted by atomic mass is 16.4. The fourth-order valence-electron chi connectivity index (χ4n) is 0.409. The van der Waals surface area contributed by atoms with Crippen LogP contribution in [0.5, 0.6) is 0 Å². The molecule has 0 unspecified atom stereocenters. The number of carbonyl (C=O) groups is 1. The van der Waals surface area contributed by atoms with Crippen LogP contribution in [-0.4, -0.2) is 11.1 Å². The Hall–Kier alpha value is -1.41. The van der Waals surface area contributed by atoms with Crippen molar-refractivity contribution in [3.8, 4) is 23.7 Å². The third-order valence-electron chi connectivity index (χ3n) is 0.880. The first-order valence-corrected chi connectivity index (χ1v) is 3.45. The molecular formula is C9H10O2. The predicted octanol–water partition coefficient (Wildman–Crippen LogP) is 1.27. The van der Waals surface area contributed by atoms with Crippen molar-refractivity contribution in [2.45, 2.75) is 26.2 Å². The normalized spacial score (nSPS) is 7.00. The zero-order valence-electron chi connectivity index (χ0n) is 6.48. The van der Waals surface area contributed by atoms with E-state index in [0.717, 1.165) is 6.42 Å². The van der Waals surface area contributed by atoms with Gasteiger partial charge in [0.1, 0.15) is 0 Å². The van der Waals surface area contributed by atoms with Gasteiger partial charge in [-0.05, 0) is 11.8 Å². The summed E-state index contributed by atoms with van der Waals surface area (Å²) in [6.07, 6.45) is 1.27. The van der Waals surface area contributed by atoms with Crippen molar-refractivity contribution in [2.24, 2.45) is 0 Å². The van der Waals surface area contributed by atoms with Gasteiger partial charge in [0.15, 0.2) is 0 Å². The third kappa shape index (κ3) is 8.59. The monoisotopic (exact) mass is 150 g/mol. The van der Waals surface area contributed by atoms with E-state index < -0.39 is 5.97 Å². The summed E-state index contributed by atoms with van der Waals surface area (Å²) in [5, 5.41) is 8.21. The summed E-state index contributed by atoms with van der Waals surface area (Å²) < 4.78 is 0. The first-order chi connectivity index (χ1) is 5.27. The number of carboxylic acids is 1. The predicted molar refractivity (Wildman–Crippen MR) is 42.7 cm³/mol. The molecule has 58 valence electrons. The zero-order chi connectivity index (χ0) is 8.53. The molecular weight excluding hydrogens is 140 g/mol.